The van der Waals surface area contributed by atoms with Crippen LogP contribution < -0.4 is 15.0 Å². The maximum Gasteiger partial charge on any atom is 0.275 e. The van der Waals surface area contributed by atoms with Crippen molar-refractivity contribution in [1.82, 2.24) is 5.32 Å². The molecule has 1 amide bonds. The summed E-state index contributed by atoms with van der Waals surface area (Å²) in [7, 11) is 1.87. The monoisotopic (exact) mass is 324 g/mol. The molecule has 2 rings (SSSR count). The Kier molecular flexibility index (Phi) is 5.51. The summed E-state index contributed by atoms with van der Waals surface area (Å²) >= 11 is 0. The molecule has 1 aliphatic rings. The topological polar surface area (TPSA) is 95.1 Å². The summed E-state index contributed by atoms with van der Waals surface area (Å²) in [5, 5.41) is 13.9. The highest BCUT2D eigenvalue weighted by atomic mass is 16.7. The summed E-state index contributed by atoms with van der Waals surface area (Å²) in [5.41, 5.74) is 1.39. The number of nitrogens with one attached hydrogen (secondary N) is 2. The Morgan fingerprint density at radius 1 is 1.48 bits per heavy atom. The number of nitrogens with zero attached hydrogens (tertiary/aromatic N) is 1. The van der Waals surface area contributed by atoms with E-state index in [-0.39, 0.29) is 37.6 Å². The minimum absolute atomic E-state index is 0.00674. The number of quaternary nitrogens is 1. The van der Waals surface area contributed by atoms with Crippen LogP contribution >= 0.6 is 0 Å². The molecule has 1 aromatic carbocycles. The fourth-order valence-electron chi connectivity index (χ4n) is 2.55. The Labute approximate surface area is 134 Å². The molecule has 8 heteroatoms. The van der Waals surface area contributed by atoms with Crippen molar-refractivity contribution in [2.24, 2.45) is 0 Å². The number of fused-ring (bicyclic) bond motifs is 1. The molecule has 0 spiro atoms. The van der Waals surface area contributed by atoms with Gasteiger partial charge < -0.3 is 19.7 Å². The predicted octanol–water partition coefficient (Wildman–Crippen LogP) is 0.000600. The molecule has 0 radical (unpaired) electrons. The second kappa shape index (κ2) is 7.38. The molecule has 0 aromatic heterocycles. The van der Waals surface area contributed by atoms with Gasteiger partial charge in [-0.15, -0.1) is 0 Å². The van der Waals surface area contributed by atoms with Crippen LogP contribution in [0.4, 0.5) is 5.69 Å². The normalized spacial score (nSPS) is 14.8. The van der Waals surface area contributed by atoms with E-state index in [1.54, 1.807) is 0 Å². The fraction of sp³-hybridized carbons (Fsp3) is 0.533. The second-order valence-corrected chi connectivity index (χ2v) is 5.99. The van der Waals surface area contributed by atoms with Crippen LogP contribution in [0.25, 0.3) is 0 Å². The van der Waals surface area contributed by atoms with Gasteiger partial charge in [-0.05, 0) is 13.8 Å². The summed E-state index contributed by atoms with van der Waals surface area (Å²) in [6, 6.07) is 3.06. The summed E-state index contributed by atoms with van der Waals surface area (Å²) in [5.74, 6) is 0.575. The van der Waals surface area contributed by atoms with Crippen LogP contribution in [-0.4, -0.2) is 37.3 Å². The number of non-ortho nitro benzene ring substituents is 1. The molecule has 0 saturated heterocycles. The highest BCUT2D eigenvalue weighted by Gasteiger charge is 2.23. The Hall–Kier alpha value is -2.19. The molecule has 0 saturated carbocycles. The number of nitro benzene ring substituents is 1. The molecular formula is C15H22N3O5+. The van der Waals surface area contributed by atoms with Crippen molar-refractivity contribution in [3.05, 3.63) is 33.4 Å². The molecule has 2 N–H and O–H groups in total. The number of benzene rings is 1. The summed E-state index contributed by atoms with van der Waals surface area (Å²) in [4.78, 5) is 23.4. The van der Waals surface area contributed by atoms with E-state index in [9.17, 15) is 14.9 Å². The van der Waals surface area contributed by atoms with Gasteiger partial charge in [-0.25, -0.2) is 0 Å². The minimum atomic E-state index is -0.431. The van der Waals surface area contributed by atoms with E-state index >= 15 is 0 Å². The van der Waals surface area contributed by atoms with Gasteiger partial charge in [0.25, 0.3) is 11.6 Å². The third-order valence-electron chi connectivity index (χ3n) is 3.39. The predicted molar refractivity (Wildman–Crippen MR) is 82.1 cm³/mol. The van der Waals surface area contributed by atoms with E-state index in [1.807, 2.05) is 20.9 Å². The van der Waals surface area contributed by atoms with Crippen LogP contribution in [0.5, 0.6) is 5.75 Å². The Bertz CT molecular complexity index is 603. The molecular weight excluding hydrogens is 302 g/mol. The maximum atomic E-state index is 11.8. The summed E-state index contributed by atoms with van der Waals surface area (Å²) in [6.07, 6.45) is 0. The second-order valence-electron chi connectivity index (χ2n) is 5.99. The molecule has 1 aliphatic heterocycles. The lowest BCUT2D eigenvalue weighted by atomic mass is 10.1. The molecule has 126 valence electrons. The Morgan fingerprint density at radius 3 is 2.87 bits per heavy atom. The van der Waals surface area contributed by atoms with E-state index in [1.165, 1.54) is 12.1 Å². The van der Waals surface area contributed by atoms with E-state index in [2.05, 4.69) is 5.32 Å². The zero-order valence-corrected chi connectivity index (χ0v) is 13.5. The molecule has 8 nitrogen and oxygen atoms in total. The van der Waals surface area contributed by atoms with Gasteiger partial charge in [0, 0.05) is 23.7 Å². The Morgan fingerprint density at radius 2 is 2.22 bits per heavy atom. The lowest BCUT2D eigenvalue weighted by molar-refractivity contribution is -0.885. The van der Waals surface area contributed by atoms with Crippen LogP contribution in [0.1, 0.15) is 25.0 Å². The molecule has 1 aromatic rings. The van der Waals surface area contributed by atoms with Gasteiger partial charge in [0.15, 0.2) is 13.3 Å². The van der Waals surface area contributed by atoms with E-state index < -0.39 is 4.92 Å². The first-order chi connectivity index (χ1) is 10.9. The molecule has 0 fully saturated rings. The highest BCUT2D eigenvalue weighted by Crippen LogP contribution is 2.32. The van der Waals surface area contributed by atoms with Crippen molar-refractivity contribution in [2.75, 3.05) is 20.4 Å². The molecule has 1 heterocycles. The maximum absolute atomic E-state index is 11.8. The van der Waals surface area contributed by atoms with Crippen LogP contribution in [0, 0.1) is 10.1 Å². The van der Waals surface area contributed by atoms with E-state index in [0.29, 0.717) is 23.4 Å². The lowest BCUT2D eigenvalue weighted by Crippen LogP contribution is -3.09. The summed E-state index contributed by atoms with van der Waals surface area (Å²) in [6.45, 7) is 4.96. The van der Waals surface area contributed by atoms with Gasteiger partial charge in [0.05, 0.1) is 24.1 Å². The zero-order chi connectivity index (χ0) is 17.0. The number of likely N-dealkylation sites (N-methyl/N-ethyl adjacent to an activating group) is 1. The van der Waals surface area contributed by atoms with Crippen molar-refractivity contribution in [3.63, 3.8) is 0 Å². The SMILES string of the molecule is CC(C)NC(=O)C[NH+](C)Cc1cc([N+](=O)[O-])cc2c1OCOC2. The van der Waals surface area contributed by atoms with Crippen LogP contribution in [0.15, 0.2) is 12.1 Å². The van der Waals surface area contributed by atoms with Crippen LogP contribution in [0.2, 0.25) is 0 Å². The first-order valence-electron chi connectivity index (χ1n) is 7.48. The van der Waals surface area contributed by atoms with Gasteiger partial charge in [0.2, 0.25) is 0 Å². The summed E-state index contributed by atoms with van der Waals surface area (Å²) < 4.78 is 10.7. The average molecular weight is 324 g/mol. The van der Waals surface area contributed by atoms with Crippen molar-refractivity contribution >= 4 is 11.6 Å². The molecule has 23 heavy (non-hydrogen) atoms. The van der Waals surface area contributed by atoms with Gasteiger partial charge in [-0.2, -0.15) is 0 Å². The number of nitro groups is 1. The van der Waals surface area contributed by atoms with Gasteiger partial charge >= 0.3 is 0 Å². The largest absolute Gasteiger partial charge is 0.467 e. The van der Waals surface area contributed by atoms with Gasteiger partial charge in [-0.1, -0.05) is 0 Å². The number of hydrogen-bond donors (Lipinski definition) is 2. The molecule has 1 atom stereocenters. The number of hydrogen-bond acceptors (Lipinski definition) is 5. The molecule has 1 unspecified atom stereocenters. The van der Waals surface area contributed by atoms with Gasteiger partial charge in [0.1, 0.15) is 12.3 Å². The number of rotatable bonds is 6. The van der Waals surface area contributed by atoms with E-state index in [0.717, 1.165) is 4.90 Å². The smallest absolute Gasteiger partial charge is 0.275 e. The zero-order valence-electron chi connectivity index (χ0n) is 13.5. The van der Waals surface area contributed by atoms with Crippen LogP contribution in [0.3, 0.4) is 0 Å². The van der Waals surface area contributed by atoms with E-state index in [4.69, 9.17) is 9.47 Å². The third-order valence-corrected chi connectivity index (χ3v) is 3.39. The third kappa shape index (κ3) is 4.64. The first kappa shape index (κ1) is 17.2. The highest BCUT2D eigenvalue weighted by molar-refractivity contribution is 5.77. The lowest BCUT2D eigenvalue weighted by Gasteiger charge is -2.22. The number of amides is 1. The van der Waals surface area contributed by atoms with Crippen molar-refractivity contribution < 1.29 is 24.1 Å². The minimum Gasteiger partial charge on any atom is -0.467 e. The van der Waals surface area contributed by atoms with Crippen molar-refractivity contribution in [2.45, 2.75) is 33.0 Å². The quantitative estimate of drug-likeness (QED) is 0.567. The van der Waals surface area contributed by atoms with Crippen LogP contribution in [-0.2, 0) is 22.7 Å². The van der Waals surface area contributed by atoms with Gasteiger partial charge in [-0.3, -0.25) is 14.9 Å². The number of carbonyl (C=O) groups is 1. The first-order valence-corrected chi connectivity index (χ1v) is 7.48. The average Bonchev–Trinajstić information content (AvgIpc) is 2.45. The van der Waals surface area contributed by atoms with Crippen molar-refractivity contribution in [1.29, 1.82) is 0 Å². The number of carbonyl (C=O) groups excluding carboxylic acids is 1. The fourth-order valence-corrected chi connectivity index (χ4v) is 2.55. The standard InChI is InChI=1S/C15H21N3O5/c1-10(2)16-14(19)7-17(3)6-11-4-13(18(20)21)5-12-8-22-9-23-15(11)12/h4-5,10H,6-9H2,1-3H3,(H,16,19)/p+1. The Balaban J connectivity index is 2.16. The molecule has 0 aliphatic carbocycles. The molecule has 0 bridgehead atoms. The van der Waals surface area contributed by atoms with Crippen molar-refractivity contribution in [3.8, 4) is 5.75 Å². The number of ether oxygens (including phenoxy) is 2.